The summed E-state index contributed by atoms with van der Waals surface area (Å²) >= 11 is 0. The normalized spacial score (nSPS) is 10.3. The molecule has 1 N–H and O–H groups in total. The van der Waals surface area contributed by atoms with Crippen molar-refractivity contribution >= 4 is 11.7 Å². The number of carbonyl (C=O) groups is 1. The van der Waals surface area contributed by atoms with Gasteiger partial charge in [0.2, 0.25) is 0 Å². The third-order valence-electron chi connectivity index (χ3n) is 3.14. The van der Waals surface area contributed by atoms with E-state index in [4.69, 9.17) is 0 Å². The van der Waals surface area contributed by atoms with Crippen molar-refractivity contribution in [1.29, 1.82) is 0 Å². The van der Waals surface area contributed by atoms with Crippen LogP contribution in [-0.2, 0) is 11.3 Å². The summed E-state index contributed by atoms with van der Waals surface area (Å²) in [6, 6.07) is 9.04. The van der Waals surface area contributed by atoms with Gasteiger partial charge >= 0.3 is 5.97 Å². The summed E-state index contributed by atoms with van der Waals surface area (Å²) in [7, 11) is 1.29. The monoisotopic (exact) mass is 291 g/mol. The summed E-state index contributed by atoms with van der Waals surface area (Å²) in [6.07, 6.45) is 0. The average molecular weight is 291 g/mol. The van der Waals surface area contributed by atoms with Gasteiger partial charge in [-0.15, -0.1) is 0 Å². The predicted octanol–water partition coefficient (Wildman–Crippen LogP) is 3.67. The van der Waals surface area contributed by atoms with Gasteiger partial charge in [-0.2, -0.15) is 0 Å². The Morgan fingerprint density at radius 2 is 1.90 bits per heavy atom. The molecule has 0 saturated carbocycles. The Bertz CT molecular complexity index is 671. The van der Waals surface area contributed by atoms with Crippen LogP contribution in [0, 0.1) is 18.6 Å². The quantitative estimate of drug-likeness (QED) is 0.873. The van der Waals surface area contributed by atoms with Crippen molar-refractivity contribution in [3.63, 3.8) is 0 Å². The number of halogens is 2. The van der Waals surface area contributed by atoms with E-state index in [0.717, 1.165) is 12.1 Å². The topological polar surface area (TPSA) is 38.3 Å². The van der Waals surface area contributed by atoms with Crippen LogP contribution in [0.25, 0.3) is 0 Å². The minimum atomic E-state index is -0.538. The Labute approximate surface area is 121 Å². The largest absolute Gasteiger partial charge is 0.465 e. The van der Waals surface area contributed by atoms with Gasteiger partial charge in [0.25, 0.3) is 0 Å². The Morgan fingerprint density at radius 1 is 1.19 bits per heavy atom. The van der Waals surface area contributed by atoms with Crippen molar-refractivity contribution in [2.24, 2.45) is 0 Å². The first kappa shape index (κ1) is 15.0. The summed E-state index contributed by atoms with van der Waals surface area (Å²) in [5.41, 5.74) is 1.33. The molecule has 0 fully saturated rings. The number of esters is 1. The molecular formula is C16H15F2NO2. The van der Waals surface area contributed by atoms with Crippen LogP contribution < -0.4 is 5.32 Å². The number of benzene rings is 2. The number of nitrogens with one attached hydrogen (secondary N) is 1. The molecule has 0 aliphatic carbocycles. The van der Waals surface area contributed by atoms with Gasteiger partial charge in [0.1, 0.15) is 11.6 Å². The highest BCUT2D eigenvalue weighted by molar-refractivity contribution is 5.91. The number of rotatable bonds is 4. The summed E-state index contributed by atoms with van der Waals surface area (Å²) in [6.45, 7) is 1.68. The number of anilines is 1. The van der Waals surface area contributed by atoms with Crippen LogP contribution >= 0.6 is 0 Å². The van der Waals surface area contributed by atoms with Crippen LogP contribution in [-0.4, -0.2) is 13.1 Å². The highest BCUT2D eigenvalue weighted by Gasteiger charge is 2.12. The Kier molecular flexibility index (Phi) is 4.52. The van der Waals surface area contributed by atoms with Crippen LogP contribution in [0.1, 0.15) is 21.5 Å². The zero-order chi connectivity index (χ0) is 15.4. The minimum Gasteiger partial charge on any atom is -0.465 e. The molecule has 0 atom stereocenters. The van der Waals surface area contributed by atoms with Crippen LogP contribution in [0.4, 0.5) is 14.5 Å². The van der Waals surface area contributed by atoms with E-state index < -0.39 is 17.6 Å². The van der Waals surface area contributed by atoms with Gasteiger partial charge in [0.05, 0.1) is 18.4 Å². The summed E-state index contributed by atoms with van der Waals surface area (Å²) in [5.74, 6) is -1.49. The van der Waals surface area contributed by atoms with Crippen LogP contribution in [0.2, 0.25) is 0 Å². The third-order valence-corrected chi connectivity index (χ3v) is 3.14. The molecule has 0 spiro atoms. The van der Waals surface area contributed by atoms with E-state index in [1.165, 1.54) is 14.0 Å². The Morgan fingerprint density at radius 3 is 2.62 bits per heavy atom. The van der Waals surface area contributed by atoms with Gasteiger partial charge in [0, 0.05) is 12.6 Å². The SMILES string of the molecule is COC(=O)c1ccccc1CNc1cc(F)c(C)cc1F. The lowest BCUT2D eigenvalue weighted by atomic mass is 10.1. The zero-order valence-corrected chi connectivity index (χ0v) is 11.7. The van der Waals surface area contributed by atoms with Gasteiger partial charge < -0.3 is 10.1 Å². The molecule has 0 heterocycles. The van der Waals surface area contributed by atoms with E-state index in [1.54, 1.807) is 24.3 Å². The molecule has 0 unspecified atom stereocenters. The first-order valence-corrected chi connectivity index (χ1v) is 6.38. The molecule has 2 rings (SSSR count). The molecule has 110 valence electrons. The lowest BCUT2D eigenvalue weighted by molar-refractivity contribution is 0.0599. The van der Waals surface area contributed by atoms with Crippen molar-refractivity contribution < 1.29 is 18.3 Å². The number of ether oxygens (including phenoxy) is 1. The number of carbonyl (C=O) groups excluding carboxylic acids is 1. The van der Waals surface area contributed by atoms with Crippen LogP contribution in [0.5, 0.6) is 0 Å². The third kappa shape index (κ3) is 3.37. The van der Waals surface area contributed by atoms with Crippen molar-refractivity contribution in [2.75, 3.05) is 12.4 Å². The molecule has 0 aromatic heterocycles. The van der Waals surface area contributed by atoms with E-state index >= 15 is 0 Å². The van der Waals surface area contributed by atoms with Crippen LogP contribution in [0.15, 0.2) is 36.4 Å². The van der Waals surface area contributed by atoms with Crippen molar-refractivity contribution in [3.05, 3.63) is 64.7 Å². The molecule has 0 aliphatic heterocycles. The maximum atomic E-state index is 13.7. The van der Waals surface area contributed by atoms with Crippen molar-refractivity contribution in [3.8, 4) is 0 Å². The smallest absolute Gasteiger partial charge is 0.338 e. The summed E-state index contributed by atoms with van der Waals surface area (Å²) in [5, 5.41) is 2.79. The van der Waals surface area contributed by atoms with Gasteiger partial charge in [-0.1, -0.05) is 18.2 Å². The lowest BCUT2D eigenvalue weighted by Gasteiger charge is -2.11. The van der Waals surface area contributed by atoms with E-state index in [9.17, 15) is 13.6 Å². The number of methoxy groups -OCH3 is 1. The van der Waals surface area contributed by atoms with E-state index in [-0.39, 0.29) is 17.8 Å². The zero-order valence-electron chi connectivity index (χ0n) is 11.7. The minimum absolute atomic E-state index is 0.0535. The molecule has 2 aromatic rings. The molecule has 0 aliphatic rings. The van der Waals surface area contributed by atoms with Gasteiger partial charge in [-0.3, -0.25) is 0 Å². The van der Waals surface area contributed by atoms with Crippen LogP contribution in [0.3, 0.4) is 0 Å². The molecule has 0 amide bonds. The first-order chi connectivity index (χ1) is 10.0. The Hall–Kier alpha value is -2.43. The fourth-order valence-corrected chi connectivity index (χ4v) is 1.96. The van der Waals surface area contributed by atoms with Crippen molar-refractivity contribution in [1.82, 2.24) is 0 Å². The predicted molar refractivity (Wildman–Crippen MR) is 76.2 cm³/mol. The molecular weight excluding hydrogens is 276 g/mol. The second kappa shape index (κ2) is 6.35. The van der Waals surface area contributed by atoms with E-state index in [0.29, 0.717) is 11.1 Å². The van der Waals surface area contributed by atoms with Crippen molar-refractivity contribution in [2.45, 2.75) is 13.5 Å². The molecule has 0 bridgehead atoms. The van der Waals surface area contributed by atoms with Gasteiger partial charge in [-0.05, 0) is 30.2 Å². The summed E-state index contributed by atoms with van der Waals surface area (Å²) in [4.78, 5) is 11.6. The van der Waals surface area contributed by atoms with E-state index in [2.05, 4.69) is 10.1 Å². The average Bonchev–Trinajstić information content (AvgIpc) is 2.49. The maximum Gasteiger partial charge on any atom is 0.338 e. The molecule has 21 heavy (non-hydrogen) atoms. The molecule has 3 nitrogen and oxygen atoms in total. The second-order valence-corrected chi connectivity index (χ2v) is 4.58. The van der Waals surface area contributed by atoms with Gasteiger partial charge in [0.15, 0.2) is 0 Å². The lowest BCUT2D eigenvalue weighted by Crippen LogP contribution is -2.10. The molecule has 5 heteroatoms. The standard InChI is InChI=1S/C16H15F2NO2/c1-10-7-14(18)15(8-13(10)17)19-9-11-5-3-4-6-12(11)16(20)21-2/h3-8,19H,9H2,1-2H3. The number of hydrogen-bond acceptors (Lipinski definition) is 3. The highest BCUT2D eigenvalue weighted by atomic mass is 19.1. The number of hydrogen-bond donors (Lipinski definition) is 1. The molecule has 0 radical (unpaired) electrons. The number of aryl methyl sites for hydroxylation is 1. The maximum absolute atomic E-state index is 13.7. The first-order valence-electron chi connectivity index (χ1n) is 6.38. The van der Waals surface area contributed by atoms with Gasteiger partial charge in [-0.25, -0.2) is 13.6 Å². The van der Waals surface area contributed by atoms with E-state index in [1.807, 2.05) is 0 Å². The second-order valence-electron chi connectivity index (χ2n) is 4.58. The molecule has 0 saturated heterocycles. The fourth-order valence-electron chi connectivity index (χ4n) is 1.96. The highest BCUT2D eigenvalue weighted by Crippen LogP contribution is 2.20. The molecule has 2 aromatic carbocycles. The fraction of sp³-hybridized carbons (Fsp3) is 0.188. The Balaban J connectivity index is 2.21. The summed E-state index contributed by atoms with van der Waals surface area (Å²) < 4.78 is 31.9.